The number of benzene rings is 2. The molecule has 2 amide bonds. The number of carbonyl (C=O) groups is 2. The van der Waals surface area contributed by atoms with Crippen LogP contribution in [0.5, 0.6) is 11.5 Å². The summed E-state index contributed by atoms with van der Waals surface area (Å²) in [7, 11) is 1.52. The van der Waals surface area contributed by atoms with Crippen LogP contribution in [0, 0.1) is 0 Å². The van der Waals surface area contributed by atoms with Crippen LogP contribution in [0.2, 0.25) is 5.02 Å². The number of nitrogens with zero attached hydrogens (tertiary/aromatic N) is 2. The second kappa shape index (κ2) is 11.1. The maximum Gasteiger partial charge on any atom is 0.270 e. The molecule has 0 saturated carbocycles. The monoisotopic (exact) mass is 582 g/mol. The summed E-state index contributed by atoms with van der Waals surface area (Å²) in [5.41, 5.74) is 1.37. The molecule has 0 aliphatic carbocycles. The molecule has 2 aliphatic heterocycles. The van der Waals surface area contributed by atoms with Crippen molar-refractivity contribution < 1.29 is 23.8 Å². The number of thiocarbonyl (C=S) groups is 1. The summed E-state index contributed by atoms with van der Waals surface area (Å²) in [4.78, 5) is 29.1. The van der Waals surface area contributed by atoms with E-state index >= 15 is 0 Å². The zero-order valence-corrected chi connectivity index (χ0v) is 22.1. The zero-order valence-electron chi connectivity index (χ0n) is 18.1. The molecule has 2 aliphatic rings. The van der Waals surface area contributed by atoms with Gasteiger partial charge >= 0.3 is 0 Å². The number of rotatable bonds is 6. The van der Waals surface area contributed by atoms with Crippen molar-refractivity contribution in [2.75, 3.05) is 44.9 Å². The fourth-order valence-electron chi connectivity index (χ4n) is 3.43. The van der Waals surface area contributed by atoms with Gasteiger partial charge in [-0.25, -0.2) is 0 Å². The first kappa shape index (κ1) is 25.0. The summed E-state index contributed by atoms with van der Waals surface area (Å²) >= 11 is 16.1. The normalized spacial score (nSPS) is 17.4. The molecule has 34 heavy (non-hydrogen) atoms. The number of carbonyl (C=O) groups excluding carboxylic acids is 2. The molecule has 0 spiro atoms. The number of morpholine rings is 1. The molecule has 0 bridgehead atoms. The summed E-state index contributed by atoms with van der Waals surface area (Å²) in [5.74, 6) is 0.509. The van der Waals surface area contributed by atoms with Gasteiger partial charge in [-0.2, -0.15) is 0 Å². The van der Waals surface area contributed by atoms with Gasteiger partial charge in [0.1, 0.15) is 0 Å². The van der Waals surface area contributed by atoms with Crippen LogP contribution in [-0.2, 0) is 14.3 Å². The van der Waals surface area contributed by atoms with Crippen molar-refractivity contribution >= 4 is 79.4 Å². The molecule has 2 fully saturated rings. The molecular weight excluding hydrogens is 564 g/mol. The Labute approximate surface area is 220 Å². The molecule has 2 heterocycles. The van der Waals surface area contributed by atoms with Crippen molar-refractivity contribution in [2.24, 2.45) is 0 Å². The van der Waals surface area contributed by atoms with Crippen LogP contribution in [0.1, 0.15) is 5.56 Å². The maximum atomic E-state index is 13.0. The molecule has 2 aromatic rings. The average molecular weight is 584 g/mol. The Hall–Kier alpha value is -2.11. The van der Waals surface area contributed by atoms with Gasteiger partial charge in [0.15, 0.2) is 22.4 Å². The van der Waals surface area contributed by atoms with E-state index in [9.17, 15) is 9.59 Å². The number of hydrogen-bond acceptors (Lipinski definition) is 7. The van der Waals surface area contributed by atoms with Crippen molar-refractivity contribution in [3.63, 3.8) is 0 Å². The Kier molecular flexibility index (Phi) is 8.15. The minimum absolute atomic E-state index is 0.117. The fourth-order valence-corrected chi connectivity index (χ4v) is 5.43. The smallest absolute Gasteiger partial charge is 0.270 e. The van der Waals surface area contributed by atoms with E-state index in [0.29, 0.717) is 67.8 Å². The molecule has 2 aromatic carbocycles. The number of hydrogen-bond donors (Lipinski definition) is 0. The molecule has 0 unspecified atom stereocenters. The minimum atomic E-state index is -0.219. The lowest BCUT2D eigenvalue weighted by atomic mass is 10.1. The van der Waals surface area contributed by atoms with Gasteiger partial charge in [0.25, 0.3) is 11.8 Å². The van der Waals surface area contributed by atoms with E-state index in [0.717, 1.165) is 0 Å². The number of halogens is 2. The van der Waals surface area contributed by atoms with Gasteiger partial charge in [0.05, 0.1) is 35.4 Å². The SMILES string of the molecule is COc1cc(/C=C2\SC(=S)N(c3ccc(Cl)cc3)C2=O)cc(Br)c1OCC(=O)N1CCOCC1. The van der Waals surface area contributed by atoms with Gasteiger partial charge in [-0.05, 0) is 64.0 Å². The Morgan fingerprint density at radius 2 is 1.97 bits per heavy atom. The van der Waals surface area contributed by atoms with Crippen LogP contribution in [0.3, 0.4) is 0 Å². The van der Waals surface area contributed by atoms with E-state index in [1.165, 1.54) is 23.8 Å². The molecule has 0 N–H and O–H groups in total. The number of anilines is 1. The van der Waals surface area contributed by atoms with Crippen LogP contribution < -0.4 is 14.4 Å². The van der Waals surface area contributed by atoms with E-state index < -0.39 is 0 Å². The summed E-state index contributed by atoms with van der Waals surface area (Å²) in [6.45, 7) is 2.03. The quantitative estimate of drug-likeness (QED) is 0.359. The van der Waals surface area contributed by atoms with Gasteiger partial charge in [-0.3, -0.25) is 14.5 Å². The van der Waals surface area contributed by atoms with E-state index in [1.807, 2.05) is 0 Å². The van der Waals surface area contributed by atoms with E-state index in [2.05, 4.69) is 15.9 Å². The number of methoxy groups -OCH3 is 1. The second-order valence-corrected chi connectivity index (χ2v) is 10.3. The van der Waals surface area contributed by atoms with Gasteiger partial charge in [-0.1, -0.05) is 35.6 Å². The summed E-state index contributed by atoms with van der Waals surface area (Å²) in [5, 5.41) is 0.579. The number of ether oxygens (including phenoxy) is 3. The Morgan fingerprint density at radius 1 is 1.26 bits per heavy atom. The Morgan fingerprint density at radius 3 is 2.65 bits per heavy atom. The Bertz CT molecular complexity index is 1150. The third-order valence-corrected chi connectivity index (χ3v) is 7.28. The molecule has 2 saturated heterocycles. The first-order valence-electron chi connectivity index (χ1n) is 10.3. The van der Waals surface area contributed by atoms with E-state index in [-0.39, 0.29) is 18.4 Å². The minimum Gasteiger partial charge on any atom is -0.493 e. The van der Waals surface area contributed by atoms with Crippen LogP contribution in [-0.4, -0.2) is 61.1 Å². The van der Waals surface area contributed by atoms with Crippen molar-refractivity contribution in [1.82, 2.24) is 4.90 Å². The molecule has 4 rings (SSSR count). The van der Waals surface area contributed by atoms with Crippen molar-refractivity contribution in [1.29, 1.82) is 0 Å². The predicted octanol–water partition coefficient (Wildman–Crippen LogP) is 4.75. The number of thioether (sulfide) groups is 1. The van der Waals surface area contributed by atoms with Crippen molar-refractivity contribution in [2.45, 2.75) is 0 Å². The first-order chi connectivity index (χ1) is 16.4. The van der Waals surface area contributed by atoms with E-state index in [4.69, 9.17) is 38.0 Å². The Balaban J connectivity index is 1.52. The highest BCUT2D eigenvalue weighted by molar-refractivity contribution is 9.10. The van der Waals surface area contributed by atoms with Crippen LogP contribution in [0.4, 0.5) is 5.69 Å². The molecule has 7 nitrogen and oxygen atoms in total. The van der Waals surface area contributed by atoms with Crippen LogP contribution >= 0.6 is 51.5 Å². The van der Waals surface area contributed by atoms with Crippen molar-refractivity contribution in [3.8, 4) is 11.5 Å². The van der Waals surface area contributed by atoms with Crippen LogP contribution in [0.25, 0.3) is 6.08 Å². The highest BCUT2D eigenvalue weighted by Gasteiger charge is 2.33. The molecule has 11 heteroatoms. The highest BCUT2D eigenvalue weighted by Crippen LogP contribution is 2.40. The van der Waals surface area contributed by atoms with Crippen LogP contribution in [0.15, 0.2) is 45.8 Å². The molecule has 178 valence electrons. The lowest BCUT2D eigenvalue weighted by Gasteiger charge is -2.27. The van der Waals surface area contributed by atoms with E-state index in [1.54, 1.807) is 47.4 Å². The topological polar surface area (TPSA) is 68.3 Å². The average Bonchev–Trinajstić information content (AvgIpc) is 3.11. The highest BCUT2D eigenvalue weighted by atomic mass is 79.9. The lowest BCUT2D eigenvalue weighted by molar-refractivity contribution is -0.137. The maximum absolute atomic E-state index is 13.0. The summed E-state index contributed by atoms with van der Waals surface area (Å²) in [6.07, 6.45) is 1.74. The largest absolute Gasteiger partial charge is 0.493 e. The lowest BCUT2D eigenvalue weighted by Crippen LogP contribution is -2.43. The third kappa shape index (κ3) is 5.58. The molecule has 0 aromatic heterocycles. The van der Waals surface area contributed by atoms with Gasteiger partial charge in [0.2, 0.25) is 0 Å². The summed E-state index contributed by atoms with van der Waals surface area (Å²) in [6, 6.07) is 10.5. The van der Waals surface area contributed by atoms with Crippen molar-refractivity contribution in [3.05, 3.63) is 56.4 Å². The zero-order chi connectivity index (χ0) is 24.2. The van der Waals surface area contributed by atoms with Gasteiger partial charge in [0, 0.05) is 18.1 Å². The standard InChI is InChI=1S/C23H20BrClN2O5S2/c1-30-18-11-14(10-17(24)21(18)32-13-20(28)26-6-8-31-9-7-26)12-19-22(29)27(23(33)34-19)16-4-2-15(25)3-5-16/h2-5,10-12H,6-9,13H2,1H3/b19-12-. The third-order valence-electron chi connectivity index (χ3n) is 5.13. The van der Waals surface area contributed by atoms with Gasteiger partial charge < -0.3 is 19.1 Å². The molecule has 0 atom stereocenters. The van der Waals surface area contributed by atoms with Gasteiger partial charge in [-0.15, -0.1) is 0 Å². The second-order valence-electron chi connectivity index (χ2n) is 7.31. The first-order valence-corrected chi connectivity index (χ1v) is 12.7. The molecule has 0 radical (unpaired) electrons. The predicted molar refractivity (Wildman–Crippen MR) is 141 cm³/mol. The number of amides is 2. The molecular formula is C23H20BrClN2O5S2. The fraction of sp³-hybridized carbons (Fsp3) is 0.261. The summed E-state index contributed by atoms with van der Waals surface area (Å²) < 4.78 is 17.6.